The molecular formula is C14H26N2. The highest BCUT2D eigenvalue weighted by atomic mass is 15.1. The summed E-state index contributed by atoms with van der Waals surface area (Å²) < 4.78 is 0. The number of likely N-dealkylation sites (tertiary alicyclic amines) is 1. The minimum absolute atomic E-state index is 0.884. The first kappa shape index (κ1) is 12.0. The number of rotatable bonds is 3. The van der Waals surface area contributed by atoms with Gasteiger partial charge in [-0.2, -0.15) is 0 Å². The maximum atomic E-state index is 2.66. The van der Waals surface area contributed by atoms with E-state index in [0.717, 1.165) is 11.8 Å². The van der Waals surface area contributed by atoms with Crippen LogP contribution < -0.4 is 0 Å². The van der Waals surface area contributed by atoms with Crippen LogP contribution in [0.25, 0.3) is 0 Å². The van der Waals surface area contributed by atoms with Gasteiger partial charge in [0.25, 0.3) is 0 Å². The SMILES string of the molecule is CC1CCN(CCC2CC=CN(C)C2)CC1. The Morgan fingerprint density at radius 1 is 1.25 bits per heavy atom. The second-order valence-corrected chi connectivity index (χ2v) is 5.74. The number of hydrogen-bond acceptors (Lipinski definition) is 2. The second kappa shape index (κ2) is 5.72. The largest absolute Gasteiger partial charge is 0.380 e. The van der Waals surface area contributed by atoms with Crippen molar-refractivity contribution >= 4 is 0 Å². The molecule has 1 fully saturated rings. The summed E-state index contributed by atoms with van der Waals surface area (Å²) in [7, 11) is 2.19. The molecule has 16 heavy (non-hydrogen) atoms. The minimum Gasteiger partial charge on any atom is -0.380 e. The lowest BCUT2D eigenvalue weighted by Gasteiger charge is -2.32. The summed E-state index contributed by atoms with van der Waals surface area (Å²) in [4.78, 5) is 4.99. The number of nitrogens with zero attached hydrogens (tertiary/aromatic N) is 2. The molecule has 2 heteroatoms. The van der Waals surface area contributed by atoms with E-state index in [0.29, 0.717) is 0 Å². The predicted octanol–water partition coefficient (Wildman–Crippen LogP) is 2.57. The lowest BCUT2D eigenvalue weighted by atomic mass is 9.96. The third kappa shape index (κ3) is 3.51. The molecule has 0 saturated carbocycles. The molecule has 1 saturated heterocycles. The fourth-order valence-corrected chi connectivity index (χ4v) is 2.84. The Bertz CT molecular complexity index is 229. The van der Waals surface area contributed by atoms with E-state index in [4.69, 9.17) is 0 Å². The van der Waals surface area contributed by atoms with Crippen molar-refractivity contribution in [2.45, 2.75) is 32.6 Å². The van der Waals surface area contributed by atoms with Gasteiger partial charge < -0.3 is 9.80 Å². The van der Waals surface area contributed by atoms with Gasteiger partial charge in [-0.1, -0.05) is 13.0 Å². The summed E-state index contributed by atoms with van der Waals surface area (Å²) in [6, 6.07) is 0. The summed E-state index contributed by atoms with van der Waals surface area (Å²) in [5.41, 5.74) is 0. The van der Waals surface area contributed by atoms with Crippen molar-refractivity contribution in [3.63, 3.8) is 0 Å². The van der Waals surface area contributed by atoms with Crippen molar-refractivity contribution in [1.82, 2.24) is 9.80 Å². The predicted molar refractivity (Wildman–Crippen MR) is 69.3 cm³/mol. The molecule has 2 rings (SSSR count). The monoisotopic (exact) mass is 222 g/mol. The van der Waals surface area contributed by atoms with Crippen LogP contribution in [0.2, 0.25) is 0 Å². The Morgan fingerprint density at radius 2 is 2.00 bits per heavy atom. The van der Waals surface area contributed by atoms with Crippen molar-refractivity contribution in [3.8, 4) is 0 Å². The average Bonchev–Trinajstić information content (AvgIpc) is 2.28. The van der Waals surface area contributed by atoms with Crippen LogP contribution in [0.5, 0.6) is 0 Å². The van der Waals surface area contributed by atoms with Crippen molar-refractivity contribution < 1.29 is 0 Å². The van der Waals surface area contributed by atoms with Crippen LogP contribution >= 0.6 is 0 Å². The topological polar surface area (TPSA) is 6.48 Å². The molecule has 1 unspecified atom stereocenters. The van der Waals surface area contributed by atoms with Gasteiger partial charge in [-0.15, -0.1) is 0 Å². The number of hydrogen-bond donors (Lipinski definition) is 0. The Kier molecular flexibility index (Phi) is 4.28. The maximum absolute atomic E-state index is 2.66. The zero-order valence-electron chi connectivity index (χ0n) is 10.9. The molecule has 2 aliphatic heterocycles. The first-order valence-corrected chi connectivity index (χ1v) is 6.83. The van der Waals surface area contributed by atoms with E-state index < -0.39 is 0 Å². The van der Waals surface area contributed by atoms with Crippen LogP contribution in [0.15, 0.2) is 12.3 Å². The van der Waals surface area contributed by atoms with Gasteiger partial charge >= 0.3 is 0 Å². The van der Waals surface area contributed by atoms with Gasteiger partial charge in [0.2, 0.25) is 0 Å². The molecule has 2 heterocycles. The molecule has 2 nitrogen and oxygen atoms in total. The van der Waals surface area contributed by atoms with E-state index in [9.17, 15) is 0 Å². The van der Waals surface area contributed by atoms with Crippen molar-refractivity contribution in [1.29, 1.82) is 0 Å². The van der Waals surface area contributed by atoms with E-state index in [2.05, 4.69) is 36.0 Å². The van der Waals surface area contributed by atoms with Gasteiger partial charge in [0, 0.05) is 13.6 Å². The Morgan fingerprint density at radius 3 is 2.69 bits per heavy atom. The fourth-order valence-electron chi connectivity index (χ4n) is 2.84. The molecule has 0 bridgehead atoms. The molecule has 0 aromatic heterocycles. The zero-order valence-corrected chi connectivity index (χ0v) is 10.9. The van der Waals surface area contributed by atoms with Crippen LogP contribution in [0.1, 0.15) is 32.6 Å². The van der Waals surface area contributed by atoms with Crippen LogP contribution in [-0.2, 0) is 0 Å². The smallest absolute Gasteiger partial charge is 0.0200 e. The van der Waals surface area contributed by atoms with Crippen LogP contribution in [0, 0.1) is 11.8 Å². The van der Waals surface area contributed by atoms with Crippen LogP contribution in [0.4, 0.5) is 0 Å². The molecule has 0 aliphatic carbocycles. The summed E-state index contributed by atoms with van der Waals surface area (Å²) >= 11 is 0. The normalized spacial score (nSPS) is 28.6. The molecule has 0 aromatic rings. The maximum Gasteiger partial charge on any atom is 0.0200 e. The molecule has 0 amide bonds. The van der Waals surface area contributed by atoms with Crippen LogP contribution in [0.3, 0.4) is 0 Å². The van der Waals surface area contributed by atoms with Gasteiger partial charge in [0.15, 0.2) is 0 Å². The Balaban J connectivity index is 1.65. The van der Waals surface area contributed by atoms with E-state index in [1.165, 1.54) is 51.9 Å². The first-order chi connectivity index (χ1) is 7.74. The fraction of sp³-hybridized carbons (Fsp3) is 0.857. The van der Waals surface area contributed by atoms with Crippen molar-refractivity contribution in [3.05, 3.63) is 12.3 Å². The Hall–Kier alpha value is -0.500. The Labute approximate surface area is 100 Å². The lowest BCUT2D eigenvalue weighted by Crippen LogP contribution is -2.35. The molecular weight excluding hydrogens is 196 g/mol. The van der Waals surface area contributed by atoms with Crippen molar-refractivity contribution in [2.75, 3.05) is 33.2 Å². The van der Waals surface area contributed by atoms with Gasteiger partial charge in [-0.3, -0.25) is 0 Å². The molecule has 0 radical (unpaired) electrons. The van der Waals surface area contributed by atoms with E-state index >= 15 is 0 Å². The highest BCUT2D eigenvalue weighted by Gasteiger charge is 2.18. The quantitative estimate of drug-likeness (QED) is 0.724. The van der Waals surface area contributed by atoms with Gasteiger partial charge in [0.05, 0.1) is 0 Å². The van der Waals surface area contributed by atoms with Crippen molar-refractivity contribution in [2.24, 2.45) is 11.8 Å². The second-order valence-electron chi connectivity index (χ2n) is 5.74. The number of piperidine rings is 1. The molecule has 2 aliphatic rings. The zero-order chi connectivity index (χ0) is 11.4. The third-order valence-electron chi connectivity index (χ3n) is 4.11. The molecule has 0 aromatic carbocycles. The molecule has 0 N–H and O–H groups in total. The summed E-state index contributed by atoms with van der Waals surface area (Å²) in [5, 5.41) is 0. The van der Waals surface area contributed by atoms with Gasteiger partial charge in [-0.05, 0) is 63.4 Å². The summed E-state index contributed by atoms with van der Waals surface area (Å²) in [6.07, 6.45) is 10.0. The molecule has 1 atom stereocenters. The van der Waals surface area contributed by atoms with Crippen LogP contribution in [-0.4, -0.2) is 43.0 Å². The molecule has 0 spiro atoms. The van der Waals surface area contributed by atoms with E-state index in [1.807, 2.05) is 0 Å². The van der Waals surface area contributed by atoms with Gasteiger partial charge in [-0.25, -0.2) is 0 Å². The third-order valence-corrected chi connectivity index (χ3v) is 4.11. The standard InChI is InChI=1S/C14H26N2/c1-13-5-9-16(10-6-13)11-7-14-4-3-8-15(2)12-14/h3,8,13-14H,4-7,9-12H2,1-2H3. The van der Waals surface area contributed by atoms with E-state index in [1.54, 1.807) is 0 Å². The van der Waals surface area contributed by atoms with E-state index in [-0.39, 0.29) is 0 Å². The highest BCUT2D eigenvalue weighted by Crippen LogP contribution is 2.20. The average molecular weight is 222 g/mol. The summed E-state index contributed by atoms with van der Waals surface area (Å²) in [5.74, 6) is 1.84. The lowest BCUT2D eigenvalue weighted by molar-refractivity contribution is 0.174. The van der Waals surface area contributed by atoms with Gasteiger partial charge in [0.1, 0.15) is 0 Å². The highest BCUT2D eigenvalue weighted by molar-refractivity contribution is 4.90. The first-order valence-electron chi connectivity index (χ1n) is 6.83. The minimum atomic E-state index is 0.884. The number of allylic oxidation sites excluding steroid dienone is 1. The molecule has 92 valence electrons. The summed E-state index contributed by atoms with van der Waals surface area (Å²) in [6.45, 7) is 7.62.